The molecule has 33 heavy (non-hydrogen) atoms. The molecule has 0 aliphatic carbocycles. The van der Waals surface area contributed by atoms with Crippen molar-refractivity contribution in [2.45, 2.75) is 39.2 Å². The lowest BCUT2D eigenvalue weighted by Crippen LogP contribution is -2.15. The molecule has 7 heteroatoms. The number of hydrogen-bond donors (Lipinski definition) is 2. The molecule has 0 aliphatic rings. The van der Waals surface area contributed by atoms with Gasteiger partial charge in [-0.25, -0.2) is 4.98 Å². The number of pyridine rings is 1. The SMILES string of the molecule is COc1ccc(C(C)CC(=O)Nc2cc(-c3n[nH]c4ccc(OC(C)C)cc34)ccn2)cc1. The summed E-state index contributed by atoms with van der Waals surface area (Å²) in [5, 5.41) is 11.4. The second-order valence-electron chi connectivity index (χ2n) is 8.30. The Balaban J connectivity index is 1.49. The molecular weight excluding hydrogens is 416 g/mol. The summed E-state index contributed by atoms with van der Waals surface area (Å²) in [6.45, 7) is 6.01. The smallest absolute Gasteiger partial charge is 0.226 e. The monoisotopic (exact) mass is 444 g/mol. The third-order valence-electron chi connectivity index (χ3n) is 5.38. The molecule has 0 spiro atoms. The van der Waals surface area contributed by atoms with Gasteiger partial charge in [-0.05, 0) is 67.8 Å². The van der Waals surface area contributed by atoms with Gasteiger partial charge in [0.1, 0.15) is 23.0 Å². The highest BCUT2D eigenvalue weighted by Gasteiger charge is 2.14. The van der Waals surface area contributed by atoms with Gasteiger partial charge in [0, 0.05) is 23.6 Å². The average Bonchev–Trinajstić information content (AvgIpc) is 3.22. The molecule has 0 aliphatic heterocycles. The first-order valence-corrected chi connectivity index (χ1v) is 11.0. The molecule has 2 heterocycles. The minimum Gasteiger partial charge on any atom is -0.497 e. The molecule has 0 fully saturated rings. The van der Waals surface area contributed by atoms with Crippen LogP contribution >= 0.6 is 0 Å². The summed E-state index contributed by atoms with van der Waals surface area (Å²) in [5.74, 6) is 2.04. The maximum Gasteiger partial charge on any atom is 0.226 e. The number of amides is 1. The standard InChI is InChI=1S/C26H28N4O3/c1-16(2)33-21-9-10-23-22(15-21)26(30-29-23)19-11-12-27-24(14-19)28-25(31)13-17(3)18-5-7-20(32-4)8-6-18/h5-12,14-17H,13H2,1-4H3,(H,29,30)(H,27,28,31). The normalized spacial score (nSPS) is 12.0. The van der Waals surface area contributed by atoms with Gasteiger partial charge in [-0.2, -0.15) is 5.10 Å². The number of carbonyl (C=O) groups excluding carboxylic acids is 1. The van der Waals surface area contributed by atoms with Gasteiger partial charge in [-0.3, -0.25) is 9.89 Å². The van der Waals surface area contributed by atoms with Gasteiger partial charge in [-0.1, -0.05) is 19.1 Å². The Morgan fingerprint density at radius 2 is 1.79 bits per heavy atom. The molecule has 4 rings (SSSR count). The summed E-state index contributed by atoms with van der Waals surface area (Å²) in [7, 11) is 1.64. The van der Waals surface area contributed by atoms with E-state index in [4.69, 9.17) is 9.47 Å². The van der Waals surface area contributed by atoms with Crippen molar-refractivity contribution >= 4 is 22.6 Å². The lowest BCUT2D eigenvalue weighted by molar-refractivity contribution is -0.116. The second-order valence-corrected chi connectivity index (χ2v) is 8.30. The maximum atomic E-state index is 12.7. The van der Waals surface area contributed by atoms with Gasteiger partial charge >= 0.3 is 0 Å². The number of nitrogens with one attached hydrogen (secondary N) is 2. The van der Waals surface area contributed by atoms with Crippen molar-refractivity contribution in [3.63, 3.8) is 0 Å². The van der Waals surface area contributed by atoms with Crippen LogP contribution in [0.15, 0.2) is 60.8 Å². The number of ether oxygens (including phenoxy) is 2. The number of hydrogen-bond acceptors (Lipinski definition) is 5. The largest absolute Gasteiger partial charge is 0.497 e. The molecule has 2 aromatic carbocycles. The fourth-order valence-corrected chi connectivity index (χ4v) is 3.73. The number of aromatic amines is 1. The van der Waals surface area contributed by atoms with Gasteiger partial charge in [0.05, 0.1) is 18.7 Å². The predicted octanol–water partition coefficient (Wildman–Crippen LogP) is 5.55. The van der Waals surface area contributed by atoms with E-state index in [2.05, 4.69) is 20.5 Å². The fraction of sp³-hybridized carbons (Fsp3) is 0.269. The molecule has 170 valence electrons. The molecule has 7 nitrogen and oxygen atoms in total. The van der Waals surface area contributed by atoms with Gasteiger partial charge in [0.15, 0.2) is 0 Å². The van der Waals surface area contributed by atoms with E-state index >= 15 is 0 Å². The highest BCUT2D eigenvalue weighted by atomic mass is 16.5. The summed E-state index contributed by atoms with van der Waals surface area (Å²) in [6, 6.07) is 17.3. The number of aromatic nitrogens is 3. The van der Waals surface area contributed by atoms with Crippen LogP contribution in [0.1, 0.15) is 38.7 Å². The van der Waals surface area contributed by atoms with E-state index in [9.17, 15) is 4.79 Å². The second kappa shape index (κ2) is 9.73. The van der Waals surface area contributed by atoms with E-state index in [-0.39, 0.29) is 17.9 Å². The minimum atomic E-state index is -0.0949. The average molecular weight is 445 g/mol. The zero-order chi connectivity index (χ0) is 23.4. The zero-order valence-corrected chi connectivity index (χ0v) is 19.3. The summed E-state index contributed by atoms with van der Waals surface area (Å²) >= 11 is 0. The van der Waals surface area contributed by atoms with E-state index in [1.54, 1.807) is 13.3 Å². The molecule has 0 radical (unpaired) electrons. The van der Waals surface area contributed by atoms with Crippen molar-refractivity contribution in [2.75, 3.05) is 12.4 Å². The quantitative estimate of drug-likeness (QED) is 0.372. The summed E-state index contributed by atoms with van der Waals surface area (Å²) in [4.78, 5) is 17.0. The third kappa shape index (κ3) is 5.31. The maximum absolute atomic E-state index is 12.7. The van der Waals surface area contributed by atoms with Crippen LogP contribution < -0.4 is 14.8 Å². The molecule has 1 atom stereocenters. The van der Waals surface area contributed by atoms with Crippen molar-refractivity contribution < 1.29 is 14.3 Å². The molecule has 0 saturated carbocycles. The fourth-order valence-electron chi connectivity index (χ4n) is 3.73. The number of benzene rings is 2. The molecule has 1 unspecified atom stereocenters. The Morgan fingerprint density at radius 1 is 1.03 bits per heavy atom. The van der Waals surface area contributed by atoms with Crippen LogP contribution in [0.25, 0.3) is 22.2 Å². The molecule has 2 aromatic heterocycles. The van der Waals surface area contributed by atoms with Crippen LogP contribution in [-0.2, 0) is 4.79 Å². The van der Waals surface area contributed by atoms with Crippen LogP contribution in [0.3, 0.4) is 0 Å². The van der Waals surface area contributed by atoms with Crippen LogP contribution in [0.4, 0.5) is 5.82 Å². The Kier molecular flexibility index (Phi) is 6.58. The first-order chi connectivity index (χ1) is 15.9. The molecule has 4 aromatic rings. The molecule has 0 saturated heterocycles. The van der Waals surface area contributed by atoms with Crippen LogP contribution in [0.2, 0.25) is 0 Å². The van der Waals surface area contributed by atoms with Crippen LogP contribution in [0, 0.1) is 0 Å². The van der Waals surface area contributed by atoms with E-state index < -0.39 is 0 Å². The molecule has 1 amide bonds. The van der Waals surface area contributed by atoms with Crippen molar-refractivity contribution in [2.24, 2.45) is 0 Å². The van der Waals surface area contributed by atoms with Gasteiger partial charge in [0.25, 0.3) is 0 Å². The number of nitrogens with zero attached hydrogens (tertiary/aromatic N) is 2. The van der Waals surface area contributed by atoms with Crippen molar-refractivity contribution in [3.8, 4) is 22.8 Å². The highest BCUT2D eigenvalue weighted by molar-refractivity contribution is 5.95. The highest BCUT2D eigenvalue weighted by Crippen LogP contribution is 2.30. The minimum absolute atomic E-state index is 0.0637. The lowest BCUT2D eigenvalue weighted by atomic mass is 9.97. The third-order valence-corrected chi connectivity index (χ3v) is 5.38. The Hall–Kier alpha value is -3.87. The van der Waals surface area contributed by atoms with E-state index in [0.29, 0.717) is 12.2 Å². The number of H-pyrrole nitrogens is 1. The summed E-state index contributed by atoms with van der Waals surface area (Å²) in [6.07, 6.45) is 2.10. The first-order valence-electron chi connectivity index (χ1n) is 11.0. The lowest BCUT2D eigenvalue weighted by Gasteiger charge is -2.13. The van der Waals surface area contributed by atoms with Gasteiger partial charge in [0.2, 0.25) is 5.91 Å². The Labute approximate surface area is 193 Å². The van der Waals surface area contributed by atoms with Crippen molar-refractivity contribution in [1.29, 1.82) is 0 Å². The predicted molar refractivity (Wildman–Crippen MR) is 130 cm³/mol. The van der Waals surface area contributed by atoms with E-state index in [0.717, 1.165) is 39.2 Å². The number of methoxy groups -OCH3 is 1. The van der Waals surface area contributed by atoms with Crippen molar-refractivity contribution in [3.05, 3.63) is 66.4 Å². The zero-order valence-electron chi connectivity index (χ0n) is 19.3. The van der Waals surface area contributed by atoms with Gasteiger partial charge in [-0.15, -0.1) is 0 Å². The number of rotatable bonds is 8. The summed E-state index contributed by atoms with van der Waals surface area (Å²) < 4.78 is 11.0. The number of fused-ring (bicyclic) bond motifs is 1. The Bertz CT molecular complexity index is 1250. The molecule has 0 bridgehead atoms. The van der Waals surface area contributed by atoms with E-state index in [1.807, 2.05) is 75.4 Å². The first kappa shape index (κ1) is 22.3. The topological polar surface area (TPSA) is 89.1 Å². The molecule has 2 N–H and O–H groups in total. The number of carbonyl (C=O) groups is 1. The van der Waals surface area contributed by atoms with Crippen LogP contribution in [0.5, 0.6) is 11.5 Å². The Morgan fingerprint density at radius 3 is 2.52 bits per heavy atom. The van der Waals surface area contributed by atoms with Crippen LogP contribution in [-0.4, -0.2) is 34.3 Å². The summed E-state index contributed by atoms with van der Waals surface area (Å²) in [5.41, 5.74) is 3.63. The van der Waals surface area contributed by atoms with Crippen molar-refractivity contribution in [1.82, 2.24) is 15.2 Å². The van der Waals surface area contributed by atoms with E-state index in [1.165, 1.54) is 0 Å². The molecular formula is C26H28N4O3. The number of anilines is 1. The van der Waals surface area contributed by atoms with Gasteiger partial charge < -0.3 is 14.8 Å².